The molecular weight excluding hydrogens is 408 g/mol. The molecule has 0 aliphatic carbocycles. The van der Waals surface area contributed by atoms with Gasteiger partial charge in [0, 0.05) is 56.1 Å². The van der Waals surface area contributed by atoms with Crippen LogP contribution in [0.25, 0.3) is 0 Å². The predicted molar refractivity (Wildman–Crippen MR) is 116 cm³/mol. The molecule has 6 nitrogen and oxygen atoms in total. The topological polar surface area (TPSA) is 58.1 Å². The predicted octanol–water partition coefficient (Wildman–Crippen LogP) is 3.03. The molecule has 1 atom stereocenters. The summed E-state index contributed by atoms with van der Waals surface area (Å²) in [5.41, 5.74) is 1.28. The van der Waals surface area contributed by atoms with Gasteiger partial charge < -0.3 is 25.0 Å². The van der Waals surface area contributed by atoms with Crippen molar-refractivity contribution in [2.75, 3.05) is 58.0 Å². The Labute approximate surface area is 171 Å². The number of hydrogen-bond donors (Lipinski definition) is 2. The first-order valence-corrected chi connectivity index (χ1v) is 10.6. The lowest BCUT2D eigenvalue weighted by atomic mass is 10.2. The zero-order valence-corrected chi connectivity index (χ0v) is 18.1. The molecule has 152 valence electrons. The highest BCUT2D eigenvalue weighted by Crippen LogP contribution is 2.22. The van der Waals surface area contributed by atoms with E-state index in [9.17, 15) is 0 Å². The number of rotatable bonds is 11. The van der Waals surface area contributed by atoms with E-state index in [1.807, 2.05) is 0 Å². The quantitative estimate of drug-likeness (QED) is 0.314. The van der Waals surface area contributed by atoms with E-state index < -0.39 is 0 Å². The summed E-state index contributed by atoms with van der Waals surface area (Å²) >= 11 is 3.50. The molecule has 0 saturated carbocycles. The van der Waals surface area contributed by atoms with Gasteiger partial charge in [-0.25, -0.2) is 0 Å². The summed E-state index contributed by atoms with van der Waals surface area (Å²) in [6, 6.07) is 8.95. The molecule has 1 unspecified atom stereocenters. The van der Waals surface area contributed by atoms with Crippen LogP contribution < -0.4 is 15.5 Å². The van der Waals surface area contributed by atoms with Crippen molar-refractivity contribution in [2.45, 2.75) is 32.2 Å². The van der Waals surface area contributed by atoms with Gasteiger partial charge in [0.25, 0.3) is 0 Å². The Hall–Kier alpha value is -1.31. The fourth-order valence-electron chi connectivity index (χ4n) is 3.03. The van der Waals surface area contributed by atoms with Crippen LogP contribution in [-0.2, 0) is 9.47 Å². The standard InChI is InChI=1S/C20H33BrN4O2/c1-3-22-20(23-11-4-5-13-27-15-14-26-2)24-18-10-12-25(16-18)19-8-6-17(21)7-9-19/h6-9,18H,3-5,10-16H2,1-2H3,(H2,22,23,24). The number of unbranched alkanes of at least 4 members (excludes halogenated alkanes) is 1. The van der Waals surface area contributed by atoms with Crippen LogP contribution in [0.3, 0.4) is 0 Å². The van der Waals surface area contributed by atoms with Crippen molar-refractivity contribution in [3.05, 3.63) is 28.7 Å². The molecule has 0 spiro atoms. The van der Waals surface area contributed by atoms with Crippen LogP contribution in [0.5, 0.6) is 0 Å². The summed E-state index contributed by atoms with van der Waals surface area (Å²) in [6.45, 7) is 7.95. The minimum Gasteiger partial charge on any atom is -0.382 e. The van der Waals surface area contributed by atoms with Gasteiger partial charge in [0.1, 0.15) is 0 Å². The van der Waals surface area contributed by atoms with Crippen molar-refractivity contribution in [1.82, 2.24) is 10.6 Å². The van der Waals surface area contributed by atoms with Crippen molar-refractivity contribution in [1.29, 1.82) is 0 Å². The Bertz CT molecular complexity index is 553. The number of ether oxygens (including phenoxy) is 2. The number of hydrogen-bond acceptors (Lipinski definition) is 4. The van der Waals surface area contributed by atoms with E-state index in [1.54, 1.807) is 7.11 Å². The highest BCUT2D eigenvalue weighted by molar-refractivity contribution is 9.10. The van der Waals surface area contributed by atoms with Crippen molar-refractivity contribution < 1.29 is 9.47 Å². The number of anilines is 1. The van der Waals surface area contributed by atoms with Gasteiger partial charge in [0.15, 0.2) is 5.96 Å². The van der Waals surface area contributed by atoms with Crippen LogP contribution >= 0.6 is 15.9 Å². The largest absolute Gasteiger partial charge is 0.382 e. The molecule has 1 saturated heterocycles. The fourth-order valence-corrected chi connectivity index (χ4v) is 3.29. The van der Waals surface area contributed by atoms with E-state index in [1.165, 1.54) is 5.69 Å². The van der Waals surface area contributed by atoms with Crippen molar-refractivity contribution in [3.8, 4) is 0 Å². The lowest BCUT2D eigenvalue weighted by Gasteiger charge is -2.20. The lowest BCUT2D eigenvalue weighted by molar-refractivity contribution is 0.0690. The van der Waals surface area contributed by atoms with Gasteiger partial charge in [0.05, 0.1) is 13.2 Å². The van der Waals surface area contributed by atoms with Gasteiger partial charge in [-0.1, -0.05) is 15.9 Å². The Kier molecular flexibility index (Phi) is 10.6. The van der Waals surface area contributed by atoms with Crippen LogP contribution in [0.2, 0.25) is 0 Å². The number of nitrogens with one attached hydrogen (secondary N) is 2. The summed E-state index contributed by atoms with van der Waals surface area (Å²) in [7, 11) is 1.69. The number of guanidine groups is 1. The van der Waals surface area contributed by atoms with E-state index in [4.69, 9.17) is 14.5 Å². The zero-order valence-electron chi connectivity index (χ0n) is 16.5. The third kappa shape index (κ3) is 8.49. The Balaban J connectivity index is 1.71. The van der Waals surface area contributed by atoms with Gasteiger partial charge in [0.2, 0.25) is 0 Å². The molecule has 0 radical (unpaired) electrons. The average molecular weight is 441 g/mol. The molecule has 0 amide bonds. The zero-order chi connectivity index (χ0) is 19.3. The summed E-state index contributed by atoms with van der Waals surface area (Å²) in [6.07, 6.45) is 3.17. The number of methoxy groups -OCH3 is 1. The van der Waals surface area contributed by atoms with Crippen LogP contribution in [0.15, 0.2) is 33.7 Å². The van der Waals surface area contributed by atoms with Crippen molar-refractivity contribution in [2.24, 2.45) is 4.99 Å². The van der Waals surface area contributed by atoms with Crippen LogP contribution in [0.4, 0.5) is 5.69 Å². The third-order valence-electron chi connectivity index (χ3n) is 4.46. The van der Waals surface area contributed by atoms with Crippen LogP contribution in [-0.4, -0.2) is 65.1 Å². The Morgan fingerprint density at radius 1 is 1.22 bits per heavy atom. The maximum absolute atomic E-state index is 5.48. The molecule has 1 aliphatic rings. The van der Waals surface area contributed by atoms with E-state index >= 15 is 0 Å². The normalized spacial score (nSPS) is 17.4. The first kappa shape index (κ1) is 22.0. The first-order chi connectivity index (χ1) is 13.2. The molecule has 7 heteroatoms. The average Bonchev–Trinajstić information content (AvgIpc) is 3.13. The minimum absolute atomic E-state index is 0.420. The Morgan fingerprint density at radius 2 is 2.04 bits per heavy atom. The Morgan fingerprint density at radius 3 is 2.78 bits per heavy atom. The molecule has 0 aromatic heterocycles. The SMILES string of the molecule is CCNC(=NCCCCOCCOC)NC1CCN(c2ccc(Br)cc2)C1. The van der Waals surface area contributed by atoms with E-state index in [0.29, 0.717) is 19.3 Å². The highest BCUT2D eigenvalue weighted by Gasteiger charge is 2.23. The van der Waals surface area contributed by atoms with Crippen LogP contribution in [0, 0.1) is 0 Å². The number of halogens is 1. The number of aliphatic imine (C=N–C) groups is 1. The summed E-state index contributed by atoms with van der Waals surface area (Å²) < 4.78 is 11.6. The maximum atomic E-state index is 5.48. The lowest BCUT2D eigenvalue weighted by Crippen LogP contribution is -2.44. The second kappa shape index (κ2) is 13.0. The summed E-state index contributed by atoms with van der Waals surface area (Å²) in [5, 5.41) is 6.94. The third-order valence-corrected chi connectivity index (χ3v) is 4.99. The van der Waals surface area contributed by atoms with Gasteiger partial charge in [-0.2, -0.15) is 0 Å². The second-order valence-corrected chi connectivity index (χ2v) is 7.54. The van der Waals surface area contributed by atoms with Gasteiger partial charge in [-0.3, -0.25) is 4.99 Å². The molecule has 27 heavy (non-hydrogen) atoms. The number of benzene rings is 1. The molecule has 2 rings (SSSR count). The van der Waals surface area contributed by atoms with Crippen molar-refractivity contribution in [3.63, 3.8) is 0 Å². The number of nitrogens with zero attached hydrogens (tertiary/aromatic N) is 2. The van der Waals surface area contributed by atoms with Crippen LogP contribution in [0.1, 0.15) is 26.2 Å². The molecule has 1 aliphatic heterocycles. The first-order valence-electron chi connectivity index (χ1n) is 9.85. The van der Waals surface area contributed by atoms with Gasteiger partial charge >= 0.3 is 0 Å². The summed E-state index contributed by atoms with van der Waals surface area (Å²) in [5.74, 6) is 0.917. The molecule has 1 fully saturated rings. The van der Waals surface area contributed by atoms with Gasteiger partial charge in [-0.05, 0) is 50.5 Å². The maximum Gasteiger partial charge on any atom is 0.191 e. The molecule has 1 heterocycles. The van der Waals surface area contributed by atoms with E-state index in [-0.39, 0.29) is 0 Å². The fraction of sp³-hybridized carbons (Fsp3) is 0.650. The monoisotopic (exact) mass is 440 g/mol. The highest BCUT2D eigenvalue weighted by atomic mass is 79.9. The molecule has 2 N–H and O–H groups in total. The van der Waals surface area contributed by atoms with Gasteiger partial charge in [-0.15, -0.1) is 0 Å². The smallest absolute Gasteiger partial charge is 0.191 e. The molecule has 1 aromatic carbocycles. The molecule has 0 bridgehead atoms. The van der Waals surface area contributed by atoms with E-state index in [2.05, 4.69) is 62.7 Å². The summed E-state index contributed by atoms with van der Waals surface area (Å²) in [4.78, 5) is 7.13. The van der Waals surface area contributed by atoms with Crippen molar-refractivity contribution >= 4 is 27.6 Å². The van der Waals surface area contributed by atoms with E-state index in [0.717, 1.165) is 62.5 Å². The molecule has 1 aromatic rings. The second-order valence-electron chi connectivity index (χ2n) is 6.63. The minimum atomic E-state index is 0.420. The molecular formula is C20H33BrN4O2.